The molecule has 1 saturated heterocycles. The number of anilines is 1. The number of nitrogens with zero attached hydrogens (tertiary/aromatic N) is 3. The van der Waals surface area contributed by atoms with Gasteiger partial charge in [-0.3, -0.25) is 9.78 Å². The van der Waals surface area contributed by atoms with Crippen molar-refractivity contribution in [3.05, 3.63) is 54.2 Å². The molecule has 5 rings (SSSR count). The Hall–Kier alpha value is -2.97. The first kappa shape index (κ1) is 20.0. The van der Waals surface area contributed by atoms with E-state index in [-0.39, 0.29) is 15.8 Å². The lowest BCUT2D eigenvalue weighted by atomic mass is 10.0. The minimum atomic E-state index is -3.80. The maximum absolute atomic E-state index is 13.7. The molecule has 1 N–H and O–H groups in total. The monoisotopic (exact) mass is 436 g/mol. The second-order valence-corrected chi connectivity index (χ2v) is 10.0. The predicted octanol–water partition coefficient (Wildman–Crippen LogP) is 3.24. The molecule has 2 aliphatic heterocycles. The second-order valence-electron chi connectivity index (χ2n) is 8.12. The average Bonchev–Trinajstić information content (AvgIpc) is 3.38. The highest BCUT2D eigenvalue weighted by Crippen LogP contribution is 2.36. The van der Waals surface area contributed by atoms with Gasteiger partial charge in [0.05, 0.1) is 15.9 Å². The molecule has 0 spiro atoms. The number of benzene rings is 1. The SMILES string of the molecule is CN1CC=C(c2c(S(=O)(=O)c3ccc(N4CCCC4=O)cc3)[nH]c3cccnc23)CC1. The van der Waals surface area contributed by atoms with Crippen LogP contribution in [0.5, 0.6) is 0 Å². The summed E-state index contributed by atoms with van der Waals surface area (Å²) in [6.07, 6.45) is 5.90. The van der Waals surface area contributed by atoms with E-state index in [0.29, 0.717) is 29.6 Å². The molecule has 2 aromatic heterocycles. The summed E-state index contributed by atoms with van der Waals surface area (Å²) < 4.78 is 27.3. The van der Waals surface area contributed by atoms with Crippen molar-refractivity contribution in [2.24, 2.45) is 0 Å². The molecule has 0 aliphatic carbocycles. The van der Waals surface area contributed by atoms with Crippen LogP contribution in [-0.4, -0.2) is 55.9 Å². The van der Waals surface area contributed by atoms with Gasteiger partial charge in [0.2, 0.25) is 15.7 Å². The first-order valence-corrected chi connectivity index (χ1v) is 11.9. The Morgan fingerprint density at radius 2 is 1.87 bits per heavy atom. The summed E-state index contributed by atoms with van der Waals surface area (Å²) in [5, 5.41) is 0.182. The molecule has 1 aromatic carbocycles. The highest BCUT2D eigenvalue weighted by atomic mass is 32.2. The number of rotatable bonds is 4. The molecule has 0 saturated carbocycles. The number of pyridine rings is 1. The zero-order chi connectivity index (χ0) is 21.6. The number of carbonyl (C=O) groups excluding carboxylic acids is 1. The van der Waals surface area contributed by atoms with Crippen LogP contribution in [0.3, 0.4) is 0 Å². The van der Waals surface area contributed by atoms with Gasteiger partial charge in [0, 0.05) is 43.5 Å². The number of aromatic nitrogens is 2. The minimum absolute atomic E-state index is 0.0776. The smallest absolute Gasteiger partial charge is 0.227 e. The summed E-state index contributed by atoms with van der Waals surface area (Å²) in [5.74, 6) is 0.0776. The molecule has 31 heavy (non-hydrogen) atoms. The van der Waals surface area contributed by atoms with Crippen LogP contribution < -0.4 is 4.90 Å². The standard InChI is InChI=1S/C23H24N4O3S/c1-26-14-10-16(11-15-26)21-22-19(4-2-12-24-22)25-23(21)31(29,30)18-8-6-17(7-9-18)27-13-3-5-20(27)28/h2,4,6-10,12,25H,3,5,11,13-15H2,1H3. The number of H-pyrrole nitrogens is 1. The van der Waals surface area contributed by atoms with E-state index in [9.17, 15) is 13.2 Å². The summed E-state index contributed by atoms with van der Waals surface area (Å²) in [5.41, 5.74) is 3.78. The number of nitrogens with one attached hydrogen (secondary N) is 1. The van der Waals surface area contributed by atoms with Gasteiger partial charge in [-0.05, 0) is 61.9 Å². The van der Waals surface area contributed by atoms with Crippen molar-refractivity contribution in [1.29, 1.82) is 0 Å². The van der Waals surface area contributed by atoms with Crippen LogP contribution in [0.15, 0.2) is 58.6 Å². The molecule has 7 nitrogen and oxygen atoms in total. The number of amides is 1. The third kappa shape index (κ3) is 3.45. The summed E-state index contributed by atoms with van der Waals surface area (Å²) in [4.78, 5) is 23.7. The Kier molecular flexibility index (Phi) is 4.91. The number of carbonyl (C=O) groups is 1. The van der Waals surface area contributed by atoms with Crippen molar-refractivity contribution in [3.8, 4) is 0 Å². The number of aromatic amines is 1. The normalized spacial score (nSPS) is 18.0. The molecule has 4 heterocycles. The fourth-order valence-electron chi connectivity index (χ4n) is 4.34. The van der Waals surface area contributed by atoms with Crippen LogP contribution in [0.1, 0.15) is 24.8 Å². The number of fused-ring (bicyclic) bond motifs is 1. The summed E-state index contributed by atoms with van der Waals surface area (Å²) in [7, 11) is -1.75. The second kappa shape index (κ2) is 7.62. The molecule has 1 amide bonds. The Morgan fingerprint density at radius 3 is 2.55 bits per heavy atom. The fourth-order valence-corrected chi connectivity index (χ4v) is 5.81. The van der Waals surface area contributed by atoms with Crippen molar-refractivity contribution in [2.45, 2.75) is 29.2 Å². The van der Waals surface area contributed by atoms with Gasteiger partial charge in [-0.15, -0.1) is 0 Å². The van der Waals surface area contributed by atoms with Gasteiger partial charge in [-0.25, -0.2) is 8.42 Å². The zero-order valence-electron chi connectivity index (χ0n) is 17.3. The number of sulfone groups is 1. The van der Waals surface area contributed by atoms with Crippen LogP contribution in [-0.2, 0) is 14.6 Å². The number of likely N-dealkylation sites (N-methyl/N-ethyl adjacent to an activating group) is 1. The van der Waals surface area contributed by atoms with Crippen molar-refractivity contribution in [1.82, 2.24) is 14.9 Å². The first-order valence-electron chi connectivity index (χ1n) is 10.5. The third-order valence-corrected chi connectivity index (χ3v) is 7.79. The van der Waals surface area contributed by atoms with Crippen LogP contribution in [0.2, 0.25) is 0 Å². The highest BCUT2D eigenvalue weighted by Gasteiger charge is 2.29. The first-order chi connectivity index (χ1) is 14.9. The van der Waals surface area contributed by atoms with E-state index in [1.54, 1.807) is 41.4 Å². The average molecular weight is 437 g/mol. The Balaban J connectivity index is 1.60. The van der Waals surface area contributed by atoms with Gasteiger partial charge in [-0.1, -0.05) is 6.08 Å². The molecule has 160 valence electrons. The number of hydrogen-bond acceptors (Lipinski definition) is 5. The maximum atomic E-state index is 13.7. The van der Waals surface area contributed by atoms with Crippen LogP contribution >= 0.6 is 0 Å². The minimum Gasteiger partial charge on any atom is -0.343 e. The summed E-state index contributed by atoms with van der Waals surface area (Å²) in [6, 6.07) is 10.2. The third-order valence-electron chi connectivity index (χ3n) is 6.05. The fraction of sp³-hybridized carbons (Fsp3) is 0.304. The molecular weight excluding hydrogens is 412 g/mol. The lowest BCUT2D eigenvalue weighted by Crippen LogP contribution is -2.24. The molecule has 3 aromatic rings. The molecule has 8 heteroatoms. The van der Waals surface area contributed by atoms with E-state index in [4.69, 9.17) is 0 Å². The number of hydrogen-bond donors (Lipinski definition) is 1. The van der Waals surface area contributed by atoms with Crippen LogP contribution in [0.4, 0.5) is 5.69 Å². The van der Waals surface area contributed by atoms with Crippen molar-refractivity contribution in [3.63, 3.8) is 0 Å². The van der Waals surface area contributed by atoms with Gasteiger partial charge in [0.15, 0.2) is 0 Å². The van der Waals surface area contributed by atoms with Gasteiger partial charge in [-0.2, -0.15) is 0 Å². The molecule has 0 unspecified atom stereocenters. The Labute approximate surface area is 181 Å². The van der Waals surface area contributed by atoms with E-state index in [2.05, 4.69) is 20.9 Å². The predicted molar refractivity (Wildman–Crippen MR) is 120 cm³/mol. The zero-order valence-corrected chi connectivity index (χ0v) is 18.2. The van der Waals surface area contributed by atoms with Gasteiger partial charge >= 0.3 is 0 Å². The van der Waals surface area contributed by atoms with Gasteiger partial charge in [0.25, 0.3) is 0 Å². The lowest BCUT2D eigenvalue weighted by molar-refractivity contribution is -0.117. The summed E-state index contributed by atoms with van der Waals surface area (Å²) >= 11 is 0. The molecule has 0 bridgehead atoms. The molecule has 2 aliphatic rings. The molecule has 0 atom stereocenters. The molecule has 1 fully saturated rings. The van der Waals surface area contributed by atoms with E-state index >= 15 is 0 Å². The Bertz CT molecular complexity index is 1290. The van der Waals surface area contributed by atoms with Crippen LogP contribution in [0.25, 0.3) is 16.6 Å². The van der Waals surface area contributed by atoms with E-state index in [1.165, 1.54) is 0 Å². The van der Waals surface area contributed by atoms with E-state index < -0.39 is 9.84 Å². The van der Waals surface area contributed by atoms with Gasteiger partial charge < -0.3 is 14.8 Å². The quantitative estimate of drug-likeness (QED) is 0.679. The largest absolute Gasteiger partial charge is 0.343 e. The van der Waals surface area contributed by atoms with Crippen molar-refractivity contribution >= 4 is 38.0 Å². The van der Waals surface area contributed by atoms with Crippen LogP contribution in [0, 0.1) is 0 Å². The lowest BCUT2D eigenvalue weighted by Gasteiger charge is -2.22. The molecule has 0 radical (unpaired) electrons. The maximum Gasteiger partial charge on any atom is 0.227 e. The Morgan fingerprint density at radius 1 is 1.06 bits per heavy atom. The highest BCUT2D eigenvalue weighted by molar-refractivity contribution is 7.91. The topological polar surface area (TPSA) is 86.4 Å². The summed E-state index contributed by atoms with van der Waals surface area (Å²) in [6.45, 7) is 2.31. The van der Waals surface area contributed by atoms with Gasteiger partial charge in [0.1, 0.15) is 5.03 Å². The van der Waals surface area contributed by atoms with Crippen molar-refractivity contribution in [2.75, 3.05) is 31.6 Å². The van der Waals surface area contributed by atoms with E-state index in [0.717, 1.165) is 37.2 Å². The molecular formula is C23H24N4O3S. The van der Waals surface area contributed by atoms with E-state index in [1.807, 2.05) is 13.1 Å². The van der Waals surface area contributed by atoms with Crippen molar-refractivity contribution < 1.29 is 13.2 Å².